The number of aromatic nitrogens is 1. The van der Waals surface area contributed by atoms with Gasteiger partial charge in [0.1, 0.15) is 5.82 Å². The number of benzene rings is 1. The number of anilines is 1. The van der Waals surface area contributed by atoms with Gasteiger partial charge in [-0.25, -0.2) is 9.37 Å². The van der Waals surface area contributed by atoms with Crippen molar-refractivity contribution >= 4 is 17.0 Å². The Morgan fingerprint density at radius 2 is 2.20 bits per heavy atom. The van der Waals surface area contributed by atoms with E-state index in [9.17, 15) is 4.39 Å². The Bertz CT molecular complexity index is 568. The molecule has 0 aliphatic heterocycles. The molecule has 5 heteroatoms. The van der Waals surface area contributed by atoms with E-state index < -0.39 is 0 Å². The van der Waals surface area contributed by atoms with Crippen molar-refractivity contribution < 1.29 is 4.39 Å². The Labute approximate surface area is 123 Å². The average molecular weight is 293 g/mol. The molecule has 2 rings (SSSR count). The topological polar surface area (TPSA) is 28.2 Å². The van der Waals surface area contributed by atoms with E-state index in [0.717, 1.165) is 35.0 Å². The van der Waals surface area contributed by atoms with Crippen LogP contribution in [0.15, 0.2) is 23.6 Å². The molecule has 2 aromatic rings. The van der Waals surface area contributed by atoms with Crippen LogP contribution < -0.4 is 10.2 Å². The number of nitrogens with one attached hydrogen (secondary N) is 1. The lowest BCUT2D eigenvalue weighted by molar-refractivity contribution is 0.621. The number of halogens is 1. The van der Waals surface area contributed by atoms with E-state index in [4.69, 9.17) is 0 Å². The molecule has 3 nitrogen and oxygen atoms in total. The van der Waals surface area contributed by atoms with Gasteiger partial charge in [-0.05, 0) is 37.2 Å². The Morgan fingerprint density at radius 1 is 1.40 bits per heavy atom. The molecule has 0 amide bonds. The summed E-state index contributed by atoms with van der Waals surface area (Å²) in [5.74, 6) is -0.195. The molecule has 1 heterocycles. The third-order valence-corrected chi connectivity index (χ3v) is 3.91. The van der Waals surface area contributed by atoms with Gasteiger partial charge in [-0.3, -0.25) is 0 Å². The van der Waals surface area contributed by atoms with E-state index in [1.165, 1.54) is 6.07 Å². The van der Waals surface area contributed by atoms with E-state index >= 15 is 0 Å². The molecule has 1 N–H and O–H groups in total. The van der Waals surface area contributed by atoms with Crippen molar-refractivity contribution in [2.45, 2.75) is 26.9 Å². The summed E-state index contributed by atoms with van der Waals surface area (Å²) in [5.41, 5.74) is 3.06. The van der Waals surface area contributed by atoms with Gasteiger partial charge in [-0.2, -0.15) is 0 Å². The predicted molar refractivity (Wildman–Crippen MR) is 82.7 cm³/mol. The maximum absolute atomic E-state index is 13.4. The summed E-state index contributed by atoms with van der Waals surface area (Å²) >= 11 is 1.65. The molecule has 1 aromatic heterocycles. The van der Waals surface area contributed by atoms with E-state index in [2.05, 4.69) is 20.6 Å². The maximum atomic E-state index is 13.4. The van der Waals surface area contributed by atoms with E-state index in [1.807, 2.05) is 27.0 Å². The molecule has 0 aliphatic rings. The van der Waals surface area contributed by atoms with Crippen molar-refractivity contribution in [2.75, 3.05) is 18.5 Å². The highest BCUT2D eigenvalue weighted by Gasteiger charge is 2.10. The first kappa shape index (κ1) is 14.9. The zero-order valence-corrected chi connectivity index (χ0v) is 12.9. The summed E-state index contributed by atoms with van der Waals surface area (Å²) in [4.78, 5) is 6.58. The quantitative estimate of drug-likeness (QED) is 0.885. The molecular formula is C15H20FN3S. The van der Waals surface area contributed by atoms with E-state index in [1.54, 1.807) is 17.4 Å². The third kappa shape index (κ3) is 3.77. The van der Waals surface area contributed by atoms with Gasteiger partial charge in [0.25, 0.3) is 0 Å². The van der Waals surface area contributed by atoms with Crippen LogP contribution in [-0.2, 0) is 13.1 Å². The fourth-order valence-corrected chi connectivity index (χ4v) is 2.74. The Balaban J connectivity index is 2.17. The fraction of sp³-hybridized carbons (Fsp3) is 0.400. The molecule has 0 saturated carbocycles. The molecule has 0 bridgehead atoms. The predicted octanol–water partition coefficient (Wildman–Crippen LogP) is 3.34. The first-order valence-corrected chi connectivity index (χ1v) is 7.59. The molecule has 0 radical (unpaired) electrons. The number of nitrogens with zero attached hydrogens (tertiary/aromatic N) is 2. The Morgan fingerprint density at radius 3 is 2.85 bits per heavy atom. The molecule has 0 unspecified atom stereocenters. The van der Waals surface area contributed by atoms with Crippen molar-refractivity contribution in [2.24, 2.45) is 0 Å². The highest BCUT2D eigenvalue weighted by atomic mass is 32.1. The lowest BCUT2D eigenvalue weighted by Gasteiger charge is -2.22. The number of hydrogen-bond donors (Lipinski definition) is 1. The monoisotopic (exact) mass is 293 g/mol. The highest BCUT2D eigenvalue weighted by Crippen LogP contribution is 2.22. The lowest BCUT2D eigenvalue weighted by Crippen LogP contribution is -2.21. The fourth-order valence-electron chi connectivity index (χ4n) is 2.14. The van der Waals surface area contributed by atoms with Gasteiger partial charge in [0.05, 0.1) is 17.2 Å². The van der Waals surface area contributed by atoms with Crippen LogP contribution >= 0.6 is 11.3 Å². The van der Waals surface area contributed by atoms with Gasteiger partial charge in [-0.1, -0.05) is 6.92 Å². The van der Waals surface area contributed by atoms with Crippen LogP contribution in [0.3, 0.4) is 0 Å². The van der Waals surface area contributed by atoms with Gasteiger partial charge < -0.3 is 10.2 Å². The van der Waals surface area contributed by atoms with Crippen LogP contribution in [0.25, 0.3) is 0 Å². The van der Waals surface area contributed by atoms with Crippen molar-refractivity contribution in [3.63, 3.8) is 0 Å². The van der Waals surface area contributed by atoms with Crippen LogP contribution in [0.5, 0.6) is 0 Å². The van der Waals surface area contributed by atoms with E-state index in [0.29, 0.717) is 6.54 Å². The number of hydrogen-bond acceptors (Lipinski definition) is 4. The number of rotatable bonds is 6. The molecule has 0 fully saturated rings. The first-order valence-electron chi connectivity index (χ1n) is 6.71. The van der Waals surface area contributed by atoms with Crippen LogP contribution in [0.4, 0.5) is 10.1 Å². The summed E-state index contributed by atoms with van der Waals surface area (Å²) in [6, 6.07) is 4.94. The van der Waals surface area contributed by atoms with Crippen LogP contribution in [-0.4, -0.2) is 18.6 Å². The largest absolute Gasteiger partial charge is 0.368 e. The smallest absolute Gasteiger partial charge is 0.123 e. The minimum Gasteiger partial charge on any atom is -0.368 e. The summed E-state index contributed by atoms with van der Waals surface area (Å²) in [6.45, 7) is 6.31. The summed E-state index contributed by atoms with van der Waals surface area (Å²) in [7, 11) is 2.01. The van der Waals surface area contributed by atoms with Crippen molar-refractivity contribution in [3.05, 3.63) is 45.7 Å². The van der Waals surface area contributed by atoms with Gasteiger partial charge in [-0.15, -0.1) is 11.3 Å². The van der Waals surface area contributed by atoms with Crippen LogP contribution in [0.1, 0.15) is 23.2 Å². The molecular weight excluding hydrogens is 273 g/mol. The maximum Gasteiger partial charge on any atom is 0.123 e. The molecule has 1 aromatic carbocycles. The molecule has 0 aliphatic carbocycles. The normalized spacial score (nSPS) is 10.8. The minimum absolute atomic E-state index is 0.195. The molecule has 0 saturated heterocycles. The number of aryl methyl sites for hydroxylation is 1. The number of thiazole rings is 1. The van der Waals surface area contributed by atoms with Gasteiger partial charge in [0, 0.05) is 24.7 Å². The van der Waals surface area contributed by atoms with Crippen molar-refractivity contribution in [3.8, 4) is 0 Å². The zero-order chi connectivity index (χ0) is 14.5. The highest BCUT2D eigenvalue weighted by molar-refractivity contribution is 7.09. The van der Waals surface area contributed by atoms with Crippen LogP contribution in [0, 0.1) is 12.7 Å². The summed E-state index contributed by atoms with van der Waals surface area (Å²) in [5, 5.41) is 6.39. The molecule has 108 valence electrons. The average Bonchev–Trinajstić information content (AvgIpc) is 2.81. The second-order valence-electron chi connectivity index (χ2n) is 4.77. The zero-order valence-electron chi connectivity index (χ0n) is 12.1. The summed E-state index contributed by atoms with van der Waals surface area (Å²) < 4.78 is 13.4. The van der Waals surface area contributed by atoms with E-state index in [-0.39, 0.29) is 5.82 Å². The first-order chi connectivity index (χ1) is 9.60. The van der Waals surface area contributed by atoms with Gasteiger partial charge >= 0.3 is 0 Å². The SMILES string of the molecule is CCNCc1cc(F)ccc1N(C)Cc1csc(C)n1. The molecule has 0 atom stereocenters. The Hall–Kier alpha value is -1.46. The second kappa shape index (κ2) is 6.81. The summed E-state index contributed by atoms with van der Waals surface area (Å²) in [6.07, 6.45) is 0. The Kier molecular flexibility index (Phi) is 5.09. The van der Waals surface area contributed by atoms with Gasteiger partial charge in [0.15, 0.2) is 0 Å². The van der Waals surface area contributed by atoms with Crippen LogP contribution in [0.2, 0.25) is 0 Å². The molecule has 0 spiro atoms. The third-order valence-electron chi connectivity index (χ3n) is 3.08. The standard InChI is InChI=1S/C15H20FN3S/c1-4-17-8-12-7-13(16)5-6-15(12)19(3)9-14-10-20-11(2)18-14/h5-7,10,17H,4,8-9H2,1-3H3. The van der Waals surface area contributed by atoms with Crippen molar-refractivity contribution in [1.82, 2.24) is 10.3 Å². The van der Waals surface area contributed by atoms with Crippen molar-refractivity contribution in [1.29, 1.82) is 0 Å². The van der Waals surface area contributed by atoms with Gasteiger partial charge in [0.2, 0.25) is 0 Å². The molecule has 20 heavy (non-hydrogen) atoms. The lowest BCUT2D eigenvalue weighted by atomic mass is 10.1. The second-order valence-corrected chi connectivity index (χ2v) is 5.83. The minimum atomic E-state index is -0.195.